The summed E-state index contributed by atoms with van der Waals surface area (Å²) in [6, 6.07) is 19.0. The summed E-state index contributed by atoms with van der Waals surface area (Å²) < 4.78 is 33.7. The highest BCUT2D eigenvalue weighted by Gasteiger charge is 2.45. The Morgan fingerprint density at radius 3 is 2.24 bits per heavy atom. The maximum Gasteiger partial charge on any atom is 0.410 e. The van der Waals surface area contributed by atoms with Crippen molar-refractivity contribution < 1.29 is 17.9 Å². The fourth-order valence-electron chi connectivity index (χ4n) is 5.69. The van der Waals surface area contributed by atoms with Crippen LogP contribution in [0.3, 0.4) is 0 Å². The first-order chi connectivity index (χ1) is 17.4. The normalized spacial score (nSPS) is 22.2. The van der Waals surface area contributed by atoms with Gasteiger partial charge in [-0.15, -0.1) is 0 Å². The zero-order chi connectivity index (χ0) is 26.8. The molecule has 2 aromatic rings. The van der Waals surface area contributed by atoms with Gasteiger partial charge in [-0.1, -0.05) is 55.5 Å². The SMILES string of the molecule is CN(C[C@@](C)(CCN1CC2CCN(C(=O)OC(C)(C)C)C2C1)c1ccccc1)S(=O)(=O)c1ccccc1. The molecule has 0 bridgehead atoms. The average molecular weight is 528 g/mol. The van der Waals surface area contributed by atoms with Crippen LogP contribution in [0.4, 0.5) is 4.79 Å². The highest BCUT2D eigenvalue weighted by atomic mass is 32.2. The number of amides is 1. The molecule has 37 heavy (non-hydrogen) atoms. The summed E-state index contributed by atoms with van der Waals surface area (Å²) in [5.74, 6) is 0.455. The number of likely N-dealkylation sites (tertiary alicyclic amines) is 2. The number of sulfonamides is 1. The van der Waals surface area contributed by atoms with E-state index in [9.17, 15) is 13.2 Å². The van der Waals surface area contributed by atoms with E-state index in [4.69, 9.17) is 4.74 Å². The summed E-state index contributed by atoms with van der Waals surface area (Å²) in [6.45, 7) is 11.6. The van der Waals surface area contributed by atoms with Gasteiger partial charge in [0.2, 0.25) is 10.0 Å². The minimum absolute atomic E-state index is 0.180. The van der Waals surface area contributed by atoms with Gasteiger partial charge in [-0.05, 0) is 63.8 Å². The molecule has 2 aromatic carbocycles. The number of ether oxygens (including phenoxy) is 1. The molecule has 4 rings (SSSR count). The number of hydrogen-bond donors (Lipinski definition) is 0. The Morgan fingerprint density at radius 2 is 1.62 bits per heavy atom. The lowest BCUT2D eigenvalue weighted by Gasteiger charge is -2.36. The maximum atomic E-state index is 13.3. The van der Waals surface area contributed by atoms with Crippen molar-refractivity contribution in [2.75, 3.05) is 39.8 Å². The first-order valence-corrected chi connectivity index (χ1v) is 14.6. The third-order valence-corrected chi connectivity index (χ3v) is 9.54. The topological polar surface area (TPSA) is 70.2 Å². The van der Waals surface area contributed by atoms with Gasteiger partial charge >= 0.3 is 6.09 Å². The Labute approximate surface area is 222 Å². The molecule has 7 nitrogen and oxygen atoms in total. The van der Waals surface area contributed by atoms with Crippen LogP contribution in [-0.4, -0.2) is 80.0 Å². The van der Waals surface area contributed by atoms with Gasteiger partial charge in [-0.3, -0.25) is 0 Å². The molecule has 202 valence electrons. The van der Waals surface area contributed by atoms with E-state index < -0.39 is 15.6 Å². The second kappa shape index (κ2) is 10.8. The first-order valence-electron chi connectivity index (χ1n) is 13.2. The fourth-order valence-corrected chi connectivity index (χ4v) is 7.00. The summed E-state index contributed by atoms with van der Waals surface area (Å²) in [4.78, 5) is 17.4. The quantitative estimate of drug-likeness (QED) is 0.502. The lowest BCUT2D eigenvalue weighted by molar-refractivity contribution is 0.0217. The first kappa shape index (κ1) is 27.6. The average Bonchev–Trinajstić information content (AvgIpc) is 3.43. The van der Waals surface area contributed by atoms with Gasteiger partial charge in [-0.25, -0.2) is 17.5 Å². The molecule has 2 aliphatic heterocycles. The number of hydrogen-bond acceptors (Lipinski definition) is 5. The summed E-state index contributed by atoms with van der Waals surface area (Å²) in [6.07, 6.45) is 1.58. The molecular weight excluding hydrogens is 486 g/mol. The molecule has 2 aliphatic rings. The summed E-state index contributed by atoms with van der Waals surface area (Å²) in [5.41, 5.74) is 0.247. The number of carbonyl (C=O) groups excluding carboxylic acids is 1. The molecule has 0 radical (unpaired) electrons. The molecule has 8 heteroatoms. The van der Waals surface area contributed by atoms with Crippen molar-refractivity contribution in [2.45, 2.75) is 62.5 Å². The number of nitrogens with zero attached hydrogens (tertiary/aromatic N) is 3. The van der Waals surface area contributed by atoms with E-state index in [1.54, 1.807) is 31.3 Å². The minimum Gasteiger partial charge on any atom is -0.444 e. The van der Waals surface area contributed by atoms with Crippen LogP contribution in [0.15, 0.2) is 65.6 Å². The Morgan fingerprint density at radius 1 is 1.00 bits per heavy atom. The Hall–Kier alpha value is -2.42. The van der Waals surface area contributed by atoms with Crippen LogP contribution in [0.2, 0.25) is 0 Å². The highest BCUT2D eigenvalue weighted by molar-refractivity contribution is 7.89. The van der Waals surface area contributed by atoms with E-state index in [0.29, 0.717) is 17.4 Å². The van der Waals surface area contributed by atoms with E-state index in [2.05, 4.69) is 24.0 Å². The monoisotopic (exact) mass is 527 g/mol. The molecule has 2 unspecified atom stereocenters. The molecule has 0 spiro atoms. The Balaban J connectivity index is 1.46. The van der Waals surface area contributed by atoms with Crippen molar-refractivity contribution in [3.8, 4) is 0 Å². The third-order valence-electron chi connectivity index (χ3n) is 7.72. The number of benzene rings is 2. The number of carbonyl (C=O) groups is 1. The summed E-state index contributed by atoms with van der Waals surface area (Å²) in [5, 5.41) is 0. The largest absolute Gasteiger partial charge is 0.444 e. The smallest absolute Gasteiger partial charge is 0.410 e. The van der Waals surface area contributed by atoms with Crippen molar-refractivity contribution in [2.24, 2.45) is 5.92 Å². The molecule has 2 fully saturated rings. The van der Waals surface area contributed by atoms with Crippen LogP contribution in [-0.2, 0) is 20.2 Å². The van der Waals surface area contributed by atoms with Crippen LogP contribution in [0.5, 0.6) is 0 Å². The summed E-state index contributed by atoms with van der Waals surface area (Å²) >= 11 is 0. The van der Waals surface area contributed by atoms with Gasteiger partial charge < -0.3 is 14.5 Å². The predicted molar refractivity (Wildman–Crippen MR) is 146 cm³/mol. The molecule has 0 aliphatic carbocycles. The number of rotatable bonds is 8. The molecule has 3 atom stereocenters. The lowest BCUT2D eigenvalue weighted by atomic mass is 9.79. The van der Waals surface area contributed by atoms with Gasteiger partial charge in [0, 0.05) is 38.6 Å². The second-order valence-electron chi connectivity index (χ2n) is 11.8. The van der Waals surface area contributed by atoms with Crippen molar-refractivity contribution in [1.82, 2.24) is 14.1 Å². The number of likely N-dealkylation sites (N-methyl/N-ethyl adjacent to an activating group) is 1. The van der Waals surface area contributed by atoms with Crippen LogP contribution in [0.1, 0.15) is 46.1 Å². The van der Waals surface area contributed by atoms with Crippen molar-refractivity contribution in [3.63, 3.8) is 0 Å². The van der Waals surface area contributed by atoms with Gasteiger partial charge in [0.1, 0.15) is 5.60 Å². The van der Waals surface area contributed by atoms with Crippen LogP contribution >= 0.6 is 0 Å². The zero-order valence-electron chi connectivity index (χ0n) is 22.8. The van der Waals surface area contributed by atoms with E-state index in [0.717, 1.165) is 44.6 Å². The molecule has 1 amide bonds. The van der Waals surface area contributed by atoms with Crippen LogP contribution < -0.4 is 0 Å². The molecule has 2 heterocycles. The lowest BCUT2D eigenvalue weighted by Crippen LogP contribution is -2.44. The Kier molecular flexibility index (Phi) is 8.02. The molecular formula is C29H41N3O4S. The molecule has 0 saturated carbocycles. The van der Waals surface area contributed by atoms with E-state index in [1.807, 2.05) is 49.9 Å². The van der Waals surface area contributed by atoms with Gasteiger partial charge in [0.05, 0.1) is 10.9 Å². The highest BCUT2D eigenvalue weighted by Crippen LogP contribution is 2.35. The maximum absolute atomic E-state index is 13.3. The van der Waals surface area contributed by atoms with E-state index >= 15 is 0 Å². The van der Waals surface area contributed by atoms with Gasteiger partial charge in [-0.2, -0.15) is 0 Å². The number of fused-ring (bicyclic) bond motifs is 1. The van der Waals surface area contributed by atoms with Crippen molar-refractivity contribution in [1.29, 1.82) is 0 Å². The van der Waals surface area contributed by atoms with E-state index in [-0.39, 0.29) is 17.6 Å². The van der Waals surface area contributed by atoms with Gasteiger partial charge in [0.15, 0.2) is 0 Å². The summed E-state index contributed by atoms with van der Waals surface area (Å²) in [7, 11) is -1.93. The minimum atomic E-state index is -3.60. The second-order valence-corrected chi connectivity index (χ2v) is 13.8. The Bertz CT molecular complexity index is 1170. The molecule has 2 saturated heterocycles. The van der Waals surface area contributed by atoms with Crippen molar-refractivity contribution in [3.05, 3.63) is 66.2 Å². The van der Waals surface area contributed by atoms with Crippen LogP contribution in [0, 0.1) is 5.92 Å². The fraction of sp³-hybridized carbons (Fsp3) is 0.552. The predicted octanol–water partition coefficient (Wildman–Crippen LogP) is 4.60. The molecule has 0 aromatic heterocycles. The van der Waals surface area contributed by atoms with Gasteiger partial charge in [0.25, 0.3) is 0 Å². The van der Waals surface area contributed by atoms with E-state index in [1.165, 1.54) is 4.31 Å². The molecule has 0 N–H and O–H groups in total. The standard InChI is InChI=1S/C29H41N3O4S/c1-28(2,3)36-27(33)32-18-16-23-20-31(21-26(23)32)19-17-29(4,24-12-8-6-9-13-24)22-30(5)37(34,35)25-14-10-7-11-15-25/h6-15,23,26H,16-22H2,1-5H3/t23?,26?,29-/m1/s1. The van der Waals surface area contributed by atoms with Crippen molar-refractivity contribution >= 4 is 16.1 Å². The van der Waals surface area contributed by atoms with Crippen LogP contribution in [0.25, 0.3) is 0 Å². The zero-order valence-corrected chi connectivity index (χ0v) is 23.6. The third kappa shape index (κ3) is 6.36.